The smallest absolute Gasteiger partial charge is 0.0942 e. The van der Waals surface area contributed by atoms with Crippen molar-refractivity contribution in [2.75, 3.05) is 0 Å². The topological polar surface area (TPSA) is 20.2 Å². The first-order valence-corrected chi connectivity index (χ1v) is 7.75. The van der Waals surface area contributed by atoms with Gasteiger partial charge in [-0.15, -0.1) is 11.3 Å². The van der Waals surface area contributed by atoms with Gasteiger partial charge in [0.05, 0.1) is 9.94 Å². The number of thiophene rings is 1. The SMILES string of the molecule is CCC(O)(Cc1ccc(Cl)s1)c1cccc(Br)c1. The predicted octanol–water partition coefficient (Wildman–Crippen LogP) is 5.00. The molecule has 0 aliphatic rings. The molecule has 1 heterocycles. The second-order valence-corrected chi connectivity index (χ2v) is 6.99. The monoisotopic (exact) mass is 344 g/mol. The first-order valence-electron chi connectivity index (χ1n) is 5.76. The van der Waals surface area contributed by atoms with Gasteiger partial charge in [-0.3, -0.25) is 0 Å². The fraction of sp³-hybridized carbons (Fsp3) is 0.286. The van der Waals surface area contributed by atoms with Crippen LogP contribution in [0.25, 0.3) is 0 Å². The van der Waals surface area contributed by atoms with Crippen molar-refractivity contribution in [1.82, 2.24) is 0 Å². The minimum Gasteiger partial charge on any atom is -0.385 e. The van der Waals surface area contributed by atoms with Gasteiger partial charge in [-0.1, -0.05) is 46.6 Å². The first-order chi connectivity index (χ1) is 8.53. The largest absolute Gasteiger partial charge is 0.385 e. The lowest BCUT2D eigenvalue weighted by molar-refractivity contribution is 0.0335. The molecule has 18 heavy (non-hydrogen) atoms. The van der Waals surface area contributed by atoms with E-state index in [1.807, 2.05) is 43.3 Å². The van der Waals surface area contributed by atoms with Crippen molar-refractivity contribution in [2.24, 2.45) is 0 Å². The van der Waals surface area contributed by atoms with E-state index in [2.05, 4.69) is 15.9 Å². The first kappa shape index (κ1) is 14.1. The maximum Gasteiger partial charge on any atom is 0.0942 e. The normalized spacial score (nSPS) is 14.4. The molecule has 0 bridgehead atoms. The van der Waals surface area contributed by atoms with E-state index in [4.69, 9.17) is 11.6 Å². The maximum absolute atomic E-state index is 10.8. The molecule has 1 unspecified atom stereocenters. The van der Waals surface area contributed by atoms with Crippen molar-refractivity contribution < 1.29 is 5.11 Å². The lowest BCUT2D eigenvalue weighted by Crippen LogP contribution is -2.27. The van der Waals surface area contributed by atoms with Crippen molar-refractivity contribution in [3.05, 3.63) is 55.6 Å². The Kier molecular flexibility index (Phi) is 4.49. The van der Waals surface area contributed by atoms with Crippen LogP contribution >= 0.6 is 38.9 Å². The molecule has 4 heteroatoms. The van der Waals surface area contributed by atoms with E-state index in [1.54, 1.807) is 0 Å². The van der Waals surface area contributed by atoms with Crippen LogP contribution in [0.15, 0.2) is 40.9 Å². The molecule has 0 radical (unpaired) electrons. The van der Waals surface area contributed by atoms with Gasteiger partial charge in [0.25, 0.3) is 0 Å². The number of aliphatic hydroxyl groups is 1. The molecule has 2 rings (SSSR count). The van der Waals surface area contributed by atoms with Crippen LogP contribution in [-0.2, 0) is 12.0 Å². The van der Waals surface area contributed by atoms with Gasteiger partial charge in [0.15, 0.2) is 0 Å². The Hall–Kier alpha value is -0.350. The Morgan fingerprint density at radius 2 is 2.11 bits per heavy atom. The molecule has 1 N–H and O–H groups in total. The lowest BCUT2D eigenvalue weighted by atomic mass is 9.87. The number of rotatable bonds is 4. The van der Waals surface area contributed by atoms with Crippen molar-refractivity contribution in [2.45, 2.75) is 25.4 Å². The van der Waals surface area contributed by atoms with Crippen LogP contribution in [-0.4, -0.2) is 5.11 Å². The predicted molar refractivity (Wildman–Crippen MR) is 81.4 cm³/mol. The van der Waals surface area contributed by atoms with E-state index < -0.39 is 5.60 Å². The van der Waals surface area contributed by atoms with Crippen LogP contribution < -0.4 is 0 Å². The number of hydrogen-bond donors (Lipinski definition) is 1. The summed E-state index contributed by atoms with van der Waals surface area (Å²) in [7, 11) is 0. The van der Waals surface area contributed by atoms with Crippen LogP contribution in [0.3, 0.4) is 0 Å². The summed E-state index contributed by atoms with van der Waals surface area (Å²) < 4.78 is 1.74. The van der Waals surface area contributed by atoms with Gasteiger partial charge in [0, 0.05) is 15.8 Å². The third kappa shape index (κ3) is 3.15. The van der Waals surface area contributed by atoms with Gasteiger partial charge in [-0.05, 0) is 36.2 Å². The summed E-state index contributed by atoms with van der Waals surface area (Å²) in [6.07, 6.45) is 1.26. The summed E-state index contributed by atoms with van der Waals surface area (Å²) in [6.45, 7) is 2.00. The molecular weight excluding hydrogens is 332 g/mol. The molecule has 1 atom stereocenters. The summed E-state index contributed by atoms with van der Waals surface area (Å²) in [5.74, 6) is 0. The second kappa shape index (κ2) is 5.74. The zero-order valence-electron chi connectivity index (χ0n) is 9.99. The Morgan fingerprint density at radius 1 is 1.33 bits per heavy atom. The third-order valence-corrected chi connectivity index (χ3v) is 4.77. The molecule has 0 aliphatic carbocycles. The maximum atomic E-state index is 10.8. The molecule has 1 aromatic carbocycles. The minimum atomic E-state index is -0.835. The van der Waals surface area contributed by atoms with E-state index in [1.165, 1.54) is 11.3 Å². The summed E-state index contributed by atoms with van der Waals surface area (Å²) >= 11 is 10.9. The minimum absolute atomic E-state index is 0.595. The number of hydrogen-bond acceptors (Lipinski definition) is 2. The van der Waals surface area contributed by atoms with Crippen LogP contribution in [0, 0.1) is 0 Å². The molecule has 2 aromatic rings. The number of benzene rings is 1. The van der Waals surface area contributed by atoms with Gasteiger partial charge in [-0.25, -0.2) is 0 Å². The Bertz CT molecular complexity index is 540. The molecular formula is C14H14BrClOS. The second-order valence-electron chi connectivity index (χ2n) is 4.28. The van der Waals surface area contributed by atoms with Crippen molar-refractivity contribution >= 4 is 38.9 Å². The molecule has 0 spiro atoms. The average Bonchev–Trinajstić information content (AvgIpc) is 2.74. The van der Waals surface area contributed by atoms with Gasteiger partial charge in [-0.2, -0.15) is 0 Å². The standard InChI is InChI=1S/C14H14BrClOS/c1-2-14(17,9-12-6-7-13(16)18-12)10-4-3-5-11(15)8-10/h3-8,17H,2,9H2,1H3. The zero-order chi connectivity index (χ0) is 13.2. The van der Waals surface area contributed by atoms with E-state index in [-0.39, 0.29) is 0 Å². The van der Waals surface area contributed by atoms with Crippen LogP contribution in [0.5, 0.6) is 0 Å². The van der Waals surface area contributed by atoms with Crippen molar-refractivity contribution in [3.8, 4) is 0 Å². The summed E-state index contributed by atoms with van der Waals surface area (Å²) in [4.78, 5) is 1.10. The molecule has 1 nitrogen and oxygen atoms in total. The molecule has 96 valence electrons. The number of halogens is 2. The summed E-state index contributed by atoms with van der Waals surface area (Å²) in [5.41, 5.74) is 0.0988. The molecule has 1 aromatic heterocycles. The zero-order valence-corrected chi connectivity index (χ0v) is 13.1. The van der Waals surface area contributed by atoms with E-state index in [9.17, 15) is 5.11 Å². The Labute approximate surface area is 125 Å². The highest BCUT2D eigenvalue weighted by atomic mass is 79.9. The quantitative estimate of drug-likeness (QED) is 0.826. The molecule has 0 saturated carbocycles. The Morgan fingerprint density at radius 3 is 2.67 bits per heavy atom. The Balaban J connectivity index is 2.30. The van der Waals surface area contributed by atoms with Crippen LogP contribution in [0.2, 0.25) is 4.34 Å². The summed E-state index contributed by atoms with van der Waals surface area (Å²) in [6, 6.07) is 11.7. The lowest BCUT2D eigenvalue weighted by Gasteiger charge is -2.27. The average molecular weight is 346 g/mol. The van der Waals surface area contributed by atoms with E-state index in [0.29, 0.717) is 12.8 Å². The van der Waals surface area contributed by atoms with Gasteiger partial charge < -0.3 is 5.11 Å². The van der Waals surface area contributed by atoms with Gasteiger partial charge in [0.1, 0.15) is 0 Å². The van der Waals surface area contributed by atoms with Crippen molar-refractivity contribution in [3.63, 3.8) is 0 Å². The van der Waals surface area contributed by atoms with Crippen LogP contribution in [0.4, 0.5) is 0 Å². The molecule has 0 saturated heterocycles. The molecule has 0 amide bonds. The van der Waals surface area contributed by atoms with Gasteiger partial charge >= 0.3 is 0 Å². The van der Waals surface area contributed by atoms with Crippen LogP contribution in [0.1, 0.15) is 23.8 Å². The van der Waals surface area contributed by atoms with Crippen molar-refractivity contribution in [1.29, 1.82) is 0 Å². The van der Waals surface area contributed by atoms with E-state index in [0.717, 1.165) is 19.2 Å². The fourth-order valence-electron chi connectivity index (χ4n) is 1.94. The highest BCUT2D eigenvalue weighted by Gasteiger charge is 2.28. The van der Waals surface area contributed by atoms with E-state index >= 15 is 0 Å². The fourth-order valence-corrected chi connectivity index (χ4v) is 3.54. The highest BCUT2D eigenvalue weighted by molar-refractivity contribution is 9.10. The molecule has 0 aliphatic heterocycles. The summed E-state index contributed by atoms with van der Waals surface area (Å²) in [5, 5.41) is 10.8. The third-order valence-electron chi connectivity index (χ3n) is 3.04. The van der Waals surface area contributed by atoms with Gasteiger partial charge in [0.2, 0.25) is 0 Å². The highest BCUT2D eigenvalue weighted by Crippen LogP contribution is 2.33. The molecule has 0 fully saturated rings.